The van der Waals surface area contributed by atoms with Gasteiger partial charge in [-0.15, -0.1) is 0 Å². The molecule has 0 bridgehead atoms. The monoisotopic (exact) mass is 593 g/mol. The maximum atomic E-state index is 12.8. The van der Waals surface area contributed by atoms with Crippen LogP contribution < -0.4 is 4.74 Å². The fraction of sp³-hybridized carbons (Fsp3) is 0.593. The van der Waals surface area contributed by atoms with Crippen LogP contribution in [0.1, 0.15) is 37.7 Å². The van der Waals surface area contributed by atoms with Gasteiger partial charge in [-0.25, -0.2) is 4.84 Å². The van der Waals surface area contributed by atoms with Crippen molar-refractivity contribution in [2.24, 2.45) is 11.8 Å². The number of nitrogens with zero attached hydrogens (tertiary/aromatic N) is 1. The van der Waals surface area contributed by atoms with E-state index >= 15 is 0 Å². The second kappa shape index (κ2) is 18.1. The zero-order valence-electron chi connectivity index (χ0n) is 22.4. The Balaban J connectivity index is 1.68. The van der Waals surface area contributed by atoms with E-state index in [4.69, 9.17) is 24.6 Å². The molecule has 41 heavy (non-hydrogen) atoms. The number of rotatable bonds is 18. The van der Waals surface area contributed by atoms with E-state index in [0.717, 1.165) is 12.1 Å². The molecular formula is C27H38F3NO10. The summed E-state index contributed by atoms with van der Waals surface area (Å²) in [5.41, 5.74) is -0.857. The van der Waals surface area contributed by atoms with Crippen molar-refractivity contribution < 1.29 is 62.7 Å². The fourth-order valence-electron chi connectivity index (χ4n) is 4.26. The Bertz CT molecular complexity index is 960. The second-order valence-electron chi connectivity index (χ2n) is 9.42. The molecule has 1 fully saturated rings. The van der Waals surface area contributed by atoms with Crippen LogP contribution in [-0.4, -0.2) is 88.4 Å². The standard InChI is InChI=1S/C27H38F3NO10/c28-27(29,30)19-6-5-7-21(16-19)40-18-20(32)10-11-23-22(24(33)17-25(23)34)8-3-1-2-4-9-26(35)39-14-12-38-13-15-41-31(36)37/h1,3,5-7,10-11,16,20,22-25,32-34,36-37H,2,4,8-9,12-15,17-18H2/b3-1-,11-10+/t20-,22-,23-,24+,25-/m1/s1. The van der Waals surface area contributed by atoms with E-state index in [-0.39, 0.29) is 63.5 Å². The van der Waals surface area contributed by atoms with Crippen molar-refractivity contribution in [2.75, 3.05) is 33.0 Å². The van der Waals surface area contributed by atoms with Gasteiger partial charge in [0.2, 0.25) is 0 Å². The molecular weight excluding hydrogens is 555 g/mol. The number of benzene rings is 1. The lowest BCUT2D eigenvalue weighted by Gasteiger charge is -2.19. The van der Waals surface area contributed by atoms with Crippen LogP contribution in [-0.2, 0) is 25.3 Å². The smallest absolute Gasteiger partial charge is 0.416 e. The van der Waals surface area contributed by atoms with E-state index < -0.39 is 41.4 Å². The van der Waals surface area contributed by atoms with E-state index in [0.29, 0.717) is 19.3 Å². The minimum atomic E-state index is -4.51. The van der Waals surface area contributed by atoms with Crippen LogP contribution in [0.4, 0.5) is 13.2 Å². The fourth-order valence-corrected chi connectivity index (χ4v) is 4.26. The molecule has 1 aliphatic carbocycles. The second-order valence-corrected chi connectivity index (χ2v) is 9.42. The Labute approximate surface area is 235 Å². The predicted octanol–water partition coefficient (Wildman–Crippen LogP) is 3.05. The molecule has 1 aliphatic rings. The zero-order valence-corrected chi connectivity index (χ0v) is 22.4. The van der Waals surface area contributed by atoms with Crippen LogP contribution in [0, 0.1) is 11.8 Å². The molecule has 0 radical (unpaired) electrons. The number of alkyl halides is 3. The Morgan fingerprint density at radius 2 is 1.85 bits per heavy atom. The molecule has 0 aromatic heterocycles. The average molecular weight is 594 g/mol. The predicted molar refractivity (Wildman–Crippen MR) is 136 cm³/mol. The van der Waals surface area contributed by atoms with Gasteiger partial charge in [0, 0.05) is 18.8 Å². The molecule has 14 heteroatoms. The molecule has 0 spiro atoms. The van der Waals surface area contributed by atoms with E-state index in [1.807, 2.05) is 12.2 Å². The maximum Gasteiger partial charge on any atom is 0.416 e. The molecule has 0 unspecified atom stereocenters. The molecule has 5 atom stereocenters. The van der Waals surface area contributed by atoms with Crippen LogP contribution in [0.3, 0.4) is 0 Å². The van der Waals surface area contributed by atoms with Gasteiger partial charge in [0.25, 0.3) is 0 Å². The summed E-state index contributed by atoms with van der Waals surface area (Å²) in [4.78, 5) is 16.0. The minimum Gasteiger partial charge on any atom is -0.491 e. The number of halogens is 3. The first-order chi connectivity index (χ1) is 19.5. The Morgan fingerprint density at radius 1 is 1.10 bits per heavy atom. The van der Waals surface area contributed by atoms with Crippen molar-refractivity contribution in [3.63, 3.8) is 0 Å². The molecule has 11 nitrogen and oxygen atoms in total. The minimum absolute atomic E-state index is 0.0319. The van der Waals surface area contributed by atoms with Crippen LogP contribution in [0.5, 0.6) is 5.75 Å². The van der Waals surface area contributed by atoms with Gasteiger partial charge in [-0.05, 0) is 43.4 Å². The lowest BCUT2D eigenvalue weighted by atomic mass is 9.89. The summed E-state index contributed by atoms with van der Waals surface area (Å²) in [6, 6.07) is 4.34. The summed E-state index contributed by atoms with van der Waals surface area (Å²) >= 11 is 0. The van der Waals surface area contributed by atoms with Crippen LogP contribution >= 0.6 is 0 Å². The molecule has 232 valence electrons. The van der Waals surface area contributed by atoms with Crippen molar-refractivity contribution in [1.29, 1.82) is 0 Å². The molecule has 0 saturated heterocycles. The third-order valence-corrected chi connectivity index (χ3v) is 6.31. The van der Waals surface area contributed by atoms with E-state index in [2.05, 4.69) is 4.84 Å². The number of allylic oxidation sites excluding steroid dienone is 2. The third-order valence-electron chi connectivity index (χ3n) is 6.31. The maximum absolute atomic E-state index is 12.8. The quantitative estimate of drug-likeness (QED) is 0.0737. The van der Waals surface area contributed by atoms with Gasteiger partial charge in [0.05, 0.1) is 43.0 Å². The summed E-state index contributed by atoms with van der Waals surface area (Å²) in [6.45, 7) is -0.0885. The average Bonchev–Trinajstić information content (AvgIpc) is 3.18. The lowest BCUT2D eigenvalue weighted by Crippen LogP contribution is -2.21. The third kappa shape index (κ3) is 13.8. The number of esters is 1. The SMILES string of the molecule is O=C(CCC/C=C\C[C@@H]1[C@@H](/C=C/[C@@H](O)COc2cccc(C(F)(F)F)c2)[C@H](O)C[C@@H]1O)OCCOCCON(O)O. The van der Waals surface area contributed by atoms with E-state index in [9.17, 15) is 33.3 Å². The van der Waals surface area contributed by atoms with E-state index in [1.165, 1.54) is 18.2 Å². The lowest BCUT2D eigenvalue weighted by molar-refractivity contribution is -0.493. The number of carbonyl (C=O) groups is 1. The number of carbonyl (C=O) groups excluding carboxylic acids is 1. The number of hydrogen-bond donors (Lipinski definition) is 5. The molecule has 1 aromatic carbocycles. The van der Waals surface area contributed by atoms with Gasteiger partial charge in [0.15, 0.2) is 0 Å². The summed E-state index contributed by atoms with van der Waals surface area (Å²) in [5, 5.41) is 47.2. The number of aliphatic hydroxyl groups is 3. The van der Waals surface area contributed by atoms with Crippen molar-refractivity contribution >= 4 is 5.97 Å². The molecule has 1 saturated carbocycles. The number of ether oxygens (including phenoxy) is 3. The number of hydrogen-bond acceptors (Lipinski definition) is 11. The molecule has 0 heterocycles. The van der Waals surface area contributed by atoms with Crippen molar-refractivity contribution in [1.82, 2.24) is 5.39 Å². The van der Waals surface area contributed by atoms with Gasteiger partial charge in [-0.2, -0.15) is 13.2 Å². The zero-order chi connectivity index (χ0) is 30.3. The first-order valence-electron chi connectivity index (χ1n) is 13.2. The molecule has 0 aliphatic heterocycles. The number of unbranched alkanes of at least 4 members (excludes halogenated alkanes) is 1. The normalized spacial score (nSPS) is 22.2. The van der Waals surface area contributed by atoms with Crippen molar-refractivity contribution in [3.8, 4) is 5.75 Å². The van der Waals surface area contributed by atoms with Gasteiger partial charge in [-0.3, -0.25) is 15.2 Å². The highest BCUT2D eigenvalue weighted by molar-refractivity contribution is 5.69. The first kappa shape index (κ1) is 34.6. The highest BCUT2D eigenvalue weighted by atomic mass is 19.4. The summed E-state index contributed by atoms with van der Waals surface area (Å²) in [6.07, 6.45) is 1.50. The van der Waals surface area contributed by atoms with Gasteiger partial charge in [0.1, 0.15) is 25.1 Å². The highest BCUT2D eigenvalue weighted by Crippen LogP contribution is 2.36. The first-order valence-corrected chi connectivity index (χ1v) is 13.2. The Kier molecular flexibility index (Phi) is 15.3. The summed E-state index contributed by atoms with van der Waals surface area (Å²) in [7, 11) is 0. The van der Waals surface area contributed by atoms with Gasteiger partial charge in [-0.1, -0.05) is 30.4 Å². The molecule has 2 rings (SSSR count). The highest BCUT2D eigenvalue weighted by Gasteiger charge is 2.39. The largest absolute Gasteiger partial charge is 0.491 e. The number of aliphatic hydroxyl groups excluding tert-OH is 3. The molecule has 5 N–H and O–H groups in total. The van der Waals surface area contributed by atoms with Gasteiger partial charge >= 0.3 is 12.1 Å². The Hall–Kier alpha value is -2.56. The van der Waals surface area contributed by atoms with Gasteiger partial charge < -0.3 is 29.5 Å². The topological polar surface area (TPSA) is 158 Å². The van der Waals surface area contributed by atoms with Crippen LogP contribution in [0.2, 0.25) is 0 Å². The van der Waals surface area contributed by atoms with Crippen LogP contribution in [0.25, 0.3) is 0 Å². The summed E-state index contributed by atoms with van der Waals surface area (Å²) in [5.74, 6) is -1.16. The van der Waals surface area contributed by atoms with E-state index in [1.54, 1.807) is 6.08 Å². The summed E-state index contributed by atoms with van der Waals surface area (Å²) < 4.78 is 53.9. The Morgan fingerprint density at radius 3 is 2.59 bits per heavy atom. The van der Waals surface area contributed by atoms with Crippen molar-refractivity contribution in [3.05, 3.63) is 54.1 Å². The van der Waals surface area contributed by atoms with Crippen LogP contribution in [0.15, 0.2) is 48.6 Å². The molecule has 1 aromatic rings. The molecule has 0 amide bonds. The van der Waals surface area contributed by atoms with Crippen molar-refractivity contribution in [2.45, 2.75) is 56.6 Å².